The molecule has 0 aliphatic rings. The monoisotopic (exact) mass is 404 g/mol. The van der Waals surface area contributed by atoms with Crippen LogP contribution in [0.3, 0.4) is 0 Å². The number of carbonyl (C=O) groups is 1. The van der Waals surface area contributed by atoms with Gasteiger partial charge in [0.15, 0.2) is 5.82 Å². The Bertz CT molecular complexity index is 1020. The van der Waals surface area contributed by atoms with E-state index in [9.17, 15) is 18.4 Å². The third-order valence-electron chi connectivity index (χ3n) is 4.03. The summed E-state index contributed by atoms with van der Waals surface area (Å²) >= 11 is 0.324. The first-order valence-corrected chi connectivity index (χ1v) is 9.36. The zero-order chi connectivity index (χ0) is 20.1. The zero-order valence-corrected chi connectivity index (χ0v) is 15.8. The molecule has 0 radical (unpaired) electrons. The maximum Gasteiger partial charge on any atom is 0.345 e. The van der Waals surface area contributed by atoms with E-state index in [0.717, 1.165) is 5.56 Å². The third-order valence-corrected chi connectivity index (χ3v) is 4.82. The van der Waals surface area contributed by atoms with Crippen molar-refractivity contribution < 1.29 is 13.6 Å². The molecule has 1 N–H and O–H groups in total. The summed E-state index contributed by atoms with van der Waals surface area (Å²) in [6.45, 7) is 0.299. The lowest BCUT2D eigenvalue weighted by molar-refractivity contribution is 0.0949. The van der Waals surface area contributed by atoms with Crippen molar-refractivity contribution in [3.05, 3.63) is 70.6 Å². The number of halogens is 2. The molecular formula is C19H18F2N4O2S. The molecule has 0 aliphatic carbocycles. The van der Waals surface area contributed by atoms with Gasteiger partial charge in [0.1, 0.15) is 0 Å². The minimum atomic E-state index is -2.61. The minimum absolute atomic E-state index is 0.137. The van der Waals surface area contributed by atoms with Crippen LogP contribution in [0, 0.1) is 0 Å². The summed E-state index contributed by atoms with van der Waals surface area (Å²) in [7, 11) is 1.63. The van der Waals surface area contributed by atoms with E-state index in [4.69, 9.17) is 0 Å². The van der Waals surface area contributed by atoms with E-state index in [1.54, 1.807) is 19.2 Å². The molecule has 146 valence electrons. The van der Waals surface area contributed by atoms with Crippen LogP contribution in [0.4, 0.5) is 8.78 Å². The average molecular weight is 404 g/mol. The number of thioether (sulfide) groups is 1. The van der Waals surface area contributed by atoms with E-state index < -0.39 is 11.7 Å². The maximum atomic E-state index is 12.6. The predicted molar refractivity (Wildman–Crippen MR) is 104 cm³/mol. The lowest BCUT2D eigenvalue weighted by Crippen LogP contribution is -2.32. The minimum Gasteiger partial charge on any atom is -0.350 e. The summed E-state index contributed by atoms with van der Waals surface area (Å²) in [5.74, 6) is -2.57. The van der Waals surface area contributed by atoms with Crippen LogP contribution < -0.4 is 11.0 Å². The van der Waals surface area contributed by atoms with Gasteiger partial charge in [-0.2, -0.15) is 8.78 Å². The van der Waals surface area contributed by atoms with Crippen LogP contribution in [0.25, 0.3) is 11.4 Å². The Hall–Kier alpha value is -2.94. The topological polar surface area (TPSA) is 68.9 Å². The third kappa shape index (κ3) is 4.48. The molecule has 0 spiro atoms. The fraction of sp³-hybridized carbons (Fsp3) is 0.211. The molecule has 0 unspecified atom stereocenters. The first-order chi connectivity index (χ1) is 13.5. The van der Waals surface area contributed by atoms with Crippen LogP contribution in [0.5, 0.6) is 0 Å². The van der Waals surface area contributed by atoms with E-state index in [1.165, 1.54) is 21.4 Å². The molecule has 0 aliphatic heterocycles. The van der Waals surface area contributed by atoms with Gasteiger partial charge in [-0.3, -0.25) is 9.36 Å². The Morgan fingerprint density at radius 1 is 1.14 bits per heavy atom. The van der Waals surface area contributed by atoms with E-state index in [0.29, 0.717) is 17.6 Å². The molecule has 1 heterocycles. The SMILES string of the molecule is Cn1c(-c2ccccc2)nn(CCNC(=O)c2ccccc2SC(F)F)c1=O. The van der Waals surface area contributed by atoms with Crippen molar-refractivity contribution in [3.63, 3.8) is 0 Å². The van der Waals surface area contributed by atoms with Crippen molar-refractivity contribution in [1.29, 1.82) is 0 Å². The first-order valence-electron chi connectivity index (χ1n) is 8.48. The van der Waals surface area contributed by atoms with Crippen molar-refractivity contribution >= 4 is 17.7 Å². The number of carbonyl (C=O) groups excluding carboxylic acids is 1. The van der Waals surface area contributed by atoms with Crippen LogP contribution in [-0.2, 0) is 13.6 Å². The van der Waals surface area contributed by atoms with Crippen LogP contribution in [0.1, 0.15) is 10.4 Å². The molecule has 9 heteroatoms. The van der Waals surface area contributed by atoms with Gasteiger partial charge in [0.2, 0.25) is 0 Å². The number of hydrogen-bond donors (Lipinski definition) is 1. The van der Waals surface area contributed by atoms with Crippen LogP contribution in [-0.4, -0.2) is 32.6 Å². The van der Waals surface area contributed by atoms with E-state index >= 15 is 0 Å². The van der Waals surface area contributed by atoms with Gasteiger partial charge in [-0.05, 0) is 12.1 Å². The Kier molecular flexibility index (Phi) is 6.25. The summed E-state index contributed by atoms with van der Waals surface area (Å²) in [6, 6.07) is 15.5. The number of amides is 1. The standard InChI is InChI=1S/C19H18F2N4O2S/c1-24-16(13-7-3-2-4-8-13)23-25(19(24)27)12-11-22-17(26)14-9-5-6-10-15(14)28-18(20)21/h2-10,18H,11-12H2,1H3,(H,22,26). The number of alkyl halides is 2. The molecule has 28 heavy (non-hydrogen) atoms. The quantitative estimate of drug-likeness (QED) is 0.615. The van der Waals surface area contributed by atoms with Gasteiger partial charge in [-0.25, -0.2) is 9.48 Å². The molecule has 6 nitrogen and oxygen atoms in total. The van der Waals surface area contributed by atoms with Crippen molar-refractivity contribution in [2.75, 3.05) is 6.54 Å². The Morgan fingerprint density at radius 2 is 1.82 bits per heavy atom. The van der Waals surface area contributed by atoms with E-state index in [2.05, 4.69) is 10.4 Å². The second-order valence-corrected chi connectivity index (χ2v) is 6.92. The summed E-state index contributed by atoms with van der Waals surface area (Å²) in [5.41, 5.74) is 0.677. The van der Waals surface area contributed by atoms with Gasteiger partial charge in [-0.15, -0.1) is 5.10 Å². The average Bonchev–Trinajstić information content (AvgIpc) is 2.97. The highest BCUT2D eigenvalue weighted by Crippen LogP contribution is 2.28. The first kappa shape index (κ1) is 19.8. The number of hydrogen-bond acceptors (Lipinski definition) is 4. The zero-order valence-electron chi connectivity index (χ0n) is 15.0. The lowest BCUT2D eigenvalue weighted by atomic mass is 10.2. The smallest absolute Gasteiger partial charge is 0.345 e. The van der Waals surface area contributed by atoms with Gasteiger partial charge < -0.3 is 5.32 Å². The summed E-state index contributed by atoms with van der Waals surface area (Å²) in [6.07, 6.45) is 0. The Labute approximate surface area is 164 Å². The molecule has 0 fully saturated rings. The normalized spacial score (nSPS) is 11.0. The van der Waals surface area contributed by atoms with Crippen LogP contribution in [0.15, 0.2) is 64.3 Å². The van der Waals surface area contributed by atoms with Crippen molar-refractivity contribution in [1.82, 2.24) is 19.7 Å². The molecule has 3 aromatic rings. The maximum absolute atomic E-state index is 12.6. The number of rotatable bonds is 7. The number of aromatic nitrogens is 3. The Morgan fingerprint density at radius 3 is 2.54 bits per heavy atom. The highest BCUT2D eigenvalue weighted by atomic mass is 32.2. The highest BCUT2D eigenvalue weighted by molar-refractivity contribution is 7.99. The number of nitrogens with zero attached hydrogens (tertiary/aromatic N) is 3. The fourth-order valence-electron chi connectivity index (χ4n) is 2.70. The van der Waals surface area contributed by atoms with Gasteiger partial charge in [0, 0.05) is 24.1 Å². The van der Waals surface area contributed by atoms with Gasteiger partial charge in [0.05, 0.1) is 12.1 Å². The molecule has 0 bridgehead atoms. The second-order valence-electron chi connectivity index (χ2n) is 5.88. The van der Waals surface area contributed by atoms with Crippen molar-refractivity contribution in [3.8, 4) is 11.4 Å². The van der Waals surface area contributed by atoms with Crippen molar-refractivity contribution in [2.45, 2.75) is 17.2 Å². The van der Waals surface area contributed by atoms with E-state index in [-0.39, 0.29) is 29.2 Å². The molecule has 3 rings (SSSR count). The molecule has 2 aromatic carbocycles. The summed E-state index contributed by atoms with van der Waals surface area (Å²) in [4.78, 5) is 24.9. The molecule has 0 saturated carbocycles. The molecule has 1 amide bonds. The van der Waals surface area contributed by atoms with Crippen LogP contribution in [0.2, 0.25) is 0 Å². The molecule has 0 saturated heterocycles. The predicted octanol–water partition coefficient (Wildman–Crippen LogP) is 2.99. The summed E-state index contributed by atoms with van der Waals surface area (Å²) < 4.78 is 28.0. The molecule has 1 aromatic heterocycles. The lowest BCUT2D eigenvalue weighted by Gasteiger charge is -2.09. The number of nitrogens with one attached hydrogen (secondary N) is 1. The largest absolute Gasteiger partial charge is 0.350 e. The van der Waals surface area contributed by atoms with Gasteiger partial charge >= 0.3 is 5.69 Å². The fourth-order valence-corrected chi connectivity index (χ4v) is 3.33. The van der Waals surface area contributed by atoms with Gasteiger partial charge in [0.25, 0.3) is 11.7 Å². The van der Waals surface area contributed by atoms with Crippen LogP contribution >= 0.6 is 11.8 Å². The highest BCUT2D eigenvalue weighted by Gasteiger charge is 2.16. The van der Waals surface area contributed by atoms with Crippen molar-refractivity contribution in [2.24, 2.45) is 7.05 Å². The second kappa shape index (κ2) is 8.83. The van der Waals surface area contributed by atoms with E-state index in [1.807, 2.05) is 30.3 Å². The molecule has 0 atom stereocenters. The summed E-state index contributed by atoms with van der Waals surface area (Å²) in [5, 5.41) is 6.97. The van der Waals surface area contributed by atoms with Gasteiger partial charge in [-0.1, -0.05) is 54.2 Å². The number of benzene rings is 2. The Balaban J connectivity index is 1.68. The molecular weight excluding hydrogens is 386 g/mol.